The van der Waals surface area contributed by atoms with Crippen molar-refractivity contribution in [2.45, 2.75) is 18.7 Å². The topological polar surface area (TPSA) is 77.8 Å². The second-order valence-electron chi connectivity index (χ2n) is 5.34. The Morgan fingerprint density at radius 3 is 2.32 bits per heavy atom. The number of phenols is 2. The second kappa shape index (κ2) is 6.27. The summed E-state index contributed by atoms with van der Waals surface area (Å²) < 4.78 is 26.9. The van der Waals surface area contributed by atoms with Crippen LogP contribution in [0.2, 0.25) is 0 Å². The molecule has 2 aromatic rings. The zero-order valence-electron chi connectivity index (χ0n) is 12.4. The number of anilines is 1. The maximum Gasteiger partial charge on any atom is 0.264 e. The van der Waals surface area contributed by atoms with Crippen LogP contribution >= 0.6 is 0 Å². The number of benzene rings is 2. The van der Waals surface area contributed by atoms with Gasteiger partial charge in [-0.2, -0.15) is 0 Å². The summed E-state index contributed by atoms with van der Waals surface area (Å²) in [5.41, 5.74) is 0.185. The van der Waals surface area contributed by atoms with Gasteiger partial charge in [0.15, 0.2) is 0 Å². The Balaban J connectivity index is 2.53. The van der Waals surface area contributed by atoms with Crippen LogP contribution < -0.4 is 4.31 Å². The molecule has 0 aliphatic heterocycles. The van der Waals surface area contributed by atoms with Gasteiger partial charge in [-0.3, -0.25) is 4.31 Å². The van der Waals surface area contributed by atoms with Crippen molar-refractivity contribution in [2.75, 3.05) is 10.8 Å². The first-order chi connectivity index (χ1) is 10.3. The molecule has 22 heavy (non-hydrogen) atoms. The Hall–Kier alpha value is -2.21. The molecule has 0 aliphatic rings. The van der Waals surface area contributed by atoms with Crippen LogP contribution in [0.1, 0.15) is 13.8 Å². The number of aromatic hydroxyl groups is 2. The number of hydrogen-bond donors (Lipinski definition) is 2. The fourth-order valence-electron chi connectivity index (χ4n) is 2.02. The van der Waals surface area contributed by atoms with E-state index in [1.165, 1.54) is 42.5 Å². The summed E-state index contributed by atoms with van der Waals surface area (Å²) >= 11 is 0. The van der Waals surface area contributed by atoms with E-state index in [4.69, 9.17) is 0 Å². The van der Waals surface area contributed by atoms with E-state index in [2.05, 4.69) is 6.07 Å². The molecule has 1 radical (unpaired) electrons. The van der Waals surface area contributed by atoms with Crippen molar-refractivity contribution in [3.05, 3.63) is 48.5 Å². The molecule has 2 rings (SSSR count). The molecule has 5 nitrogen and oxygen atoms in total. The molecule has 0 amide bonds. The highest BCUT2D eigenvalue weighted by atomic mass is 32.2. The summed E-state index contributed by atoms with van der Waals surface area (Å²) in [5, 5.41) is 19.3. The first-order valence-electron chi connectivity index (χ1n) is 6.83. The van der Waals surface area contributed by atoms with E-state index in [1.54, 1.807) is 0 Å². The third-order valence-electron chi connectivity index (χ3n) is 3.04. The minimum Gasteiger partial charge on any atom is -0.508 e. The Bertz CT molecular complexity index is 739. The molecule has 2 N–H and O–H groups in total. The molecule has 0 unspecified atom stereocenters. The van der Waals surface area contributed by atoms with Gasteiger partial charge in [-0.05, 0) is 48.4 Å². The SMILES string of the molecule is CC(C)CN(c1c[c]ccc1O)S(=O)(=O)c1ccc(O)cc1. The van der Waals surface area contributed by atoms with Crippen LogP contribution in [0.3, 0.4) is 0 Å². The van der Waals surface area contributed by atoms with Crippen molar-refractivity contribution in [3.63, 3.8) is 0 Å². The summed E-state index contributed by atoms with van der Waals surface area (Å²) in [6.45, 7) is 4.00. The van der Waals surface area contributed by atoms with Crippen molar-refractivity contribution in [1.29, 1.82) is 0 Å². The van der Waals surface area contributed by atoms with Crippen LogP contribution in [0.25, 0.3) is 0 Å². The van der Waals surface area contributed by atoms with E-state index in [0.29, 0.717) is 0 Å². The van der Waals surface area contributed by atoms with Gasteiger partial charge in [0.25, 0.3) is 10.0 Å². The molecule has 0 atom stereocenters. The zero-order valence-corrected chi connectivity index (χ0v) is 13.2. The van der Waals surface area contributed by atoms with Crippen molar-refractivity contribution < 1.29 is 18.6 Å². The molecule has 0 aliphatic carbocycles. The minimum atomic E-state index is -3.85. The molecule has 0 spiro atoms. The maximum absolute atomic E-state index is 12.9. The monoisotopic (exact) mass is 320 g/mol. The maximum atomic E-state index is 12.9. The number of nitrogens with zero attached hydrogens (tertiary/aromatic N) is 1. The van der Waals surface area contributed by atoms with Crippen LogP contribution in [0.5, 0.6) is 11.5 Å². The summed E-state index contributed by atoms with van der Waals surface area (Å²) in [4.78, 5) is 0.0502. The van der Waals surface area contributed by atoms with Gasteiger partial charge in [-0.1, -0.05) is 19.9 Å². The molecular weight excluding hydrogens is 302 g/mol. The largest absolute Gasteiger partial charge is 0.508 e. The van der Waals surface area contributed by atoms with Gasteiger partial charge in [0, 0.05) is 6.54 Å². The average Bonchev–Trinajstić information content (AvgIpc) is 2.46. The number of hydrogen-bond acceptors (Lipinski definition) is 4. The molecule has 0 fully saturated rings. The minimum absolute atomic E-state index is 0.00903. The summed E-state index contributed by atoms with van der Waals surface area (Å²) in [7, 11) is -3.85. The summed E-state index contributed by atoms with van der Waals surface area (Å²) in [6.07, 6.45) is 0. The van der Waals surface area contributed by atoms with Crippen LogP contribution in [0, 0.1) is 12.0 Å². The Morgan fingerprint density at radius 1 is 1.14 bits per heavy atom. The van der Waals surface area contributed by atoms with E-state index in [-0.39, 0.29) is 34.5 Å². The molecule has 0 saturated carbocycles. The van der Waals surface area contributed by atoms with Gasteiger partial charge >= 0.3 is 0 Å². The van der Waals surface area contributed by atoms with Crippen LogP contribution in [-0.4, -0.2) is 25.2 Å². The highest BCUT2D eigenvalue weighted by Crippen LogP contribution is 2.32. The highest BCUT2D eigenvalue weighted by Gasteiger charge is 2.27. The second-order valence-corrected chi connectivity index (χ2v) is 7.20. The molecular formula is C16H18NO4S. The molecule has 0 saturated heterocycles. The van der Waals surface area contributed by atoms with Gasteiger partial charge in [0.2, 0.25) is 0 Å². The molecule has 0 heterocycles. The predicted octanol–water partition coefficient (Wildman–Crippen LogP) is 2.75. The fraction of sp³-hybridized carbons (Fsp3) is 0.250. The lowest BCUT2D eigenvalue weighted by molar-refractivity contribution is 0.473. The molecule has 0 aromatic heterocycles. The zero-order chi connectivity index (χ0) is 16.3. The number of phenolic OH excluding ortho intramolecular Hbond substituents is 2. The predicted molar refractivity (Wildman–Crippen MR) is 84.4 cm³/mol. The van der Waals surface area contributed by atoms with Gasteiger partial charge in [-0.15, -0.1) is 0 Å². The van der Waals surface area contributed by atoms with E-state index in [0.717, 1.165) is 4.31 Å². The van der Waals surface area contributed by atoms with E-state index in [1.807, 2.05) is 13.8 Å². The van der Waals surface area contributed by atoms with E-state index in [9.17, 15) is 18.6 Å². The Kier molecular flexibility index (Phi) is 4.61. The smallest absolute Gasteiger partial charge is 0.264 e. The van der Waals surface area contributed by atoms with Crippen LogP contribution in [0.4, 0.5) is 5.69 Å². The molecule has 117 valence electrons. The van der Waals surface area contributed by atoms with Gasteiger partial charge in [-0.25, -0.2) is 8.42 Å². The van der Waals surface area contributed by atoms with E-state index >= 15 is 0 Å². The number of rotatable bonds is 5. The normalized spacial score (nSPS) is 11.6. The molecule has 2 aromatic carbocycles. The van der Waals surface area contributed by atoms with Crippen molar-refractivity contribution in [3.8, 4) is 11.5 Å². The van der Waals surface area contributed by atoms with Crippen LogP contribution in [-0.2, 0) is 10.0 Å². The molecule has 0 bridgehead atoms. The lowest BCUT2D eigenvalue weighted by atomic mass is 10.2. The number of sulfonamides is 1. The lowest BCUT2D eigenvalue weighted by Gasteiger charge is -2.26. The summed E-state index contributed by atoms with van der Waals surface area (Å²) in [6, 6.07) is 12.4. The highest BCUT2D eigenvalue weighted by molar-refractivity contribution is 7.92. The standard InChI is InChI=1S/C16H18NO4S/c1-12(2)11-17(15-5-3-4-6-16(15)19)22(20,21)14-9-7-13(18)8-10-14/h4-10,12,18-19H,11H2,1-2H3. The van der Waals surface area contributed by atoms with E-state index < -0.39 is 10.0 Å². The Morgan fingerprint density at radius 2 is 1.77 bits per heavy atom. The van der Waals surface area contributed by atoms with Crippen molar-refractivity contribution in [1.82, 2.24) is 0 Å². The van der Waals surface area contributed by atoms with Gasteiger partial charge in [0.05, 0.1) is 10.6 Å². The third-order valence-corrected chi connectivity index (χ3v) is 4.84. The fourth-order valence-corrected chi connectivity index (χ4v) is 3.65. The average molecular weight is 320 g/mol. The van der Waals surface area contributed by atoms with Crippen LogP contribution in [0.15, 0.2) is 47.4 Å². The first-order valence-corrected chi connectivity index (χ1v) is 8.27. The molecule has 6 heteroatoms. The van der Waals surface area contributed by atoms with Gasteiger partial charge < -0.3 is 10.2 Å². The summed E-state index contributed by atoms with van der Waals surface area (Å²) in [5.74, 6) is -0.0708. The van der Waals surface area contributed by atoms with Crippen molar-refractivity contribution >= 4 is 15.7 Å². The third kappa shape index (κ3) is 3.33. The quantitative estimate of drug-likeness (QED) is 0.888. The first kappa shape index (κ1) is 16.2. The lowest BCUT2D eigenvalue weighted by Crippen LogP contribution is -2.34. The van der Waals surface area contributed by atoms with Crippen molar-refractivity contribution in [2.24, 2.45) is 5.92 Å². The van der Waals surface area contributed by atoms with Gasteiger partial charge in [0.1, 0.15) is 11.5 Å². The Labute approximate surface area is 130 Å².